The van der Waals surface area contributed by atoms with Crippen molar-refractivity contribution in [2.75, 3.05) is 32.8 Å². The van der Waals surface area contributed by atoms with E-state index in [0.717, 1.165) is 4.88 Å². The van der Waals surface area contributed by atoms with Crippen molar-refractivity contribution in [1.29, 1.82) is 0 Å². The number of ether oxygens (including phenoxy) is 1. The molecule has 102 valence electrons. The van der Waals surface area contributed by atoms with Crippen LogP contribution in [-0.2, 0) is 4.74 Å². The molecule has 0 aromatic carbocycles. The van der Waals surface area contributed by atoms with Crippen LogP contribution in [0, 0.1) is 11.8 Å². The van der Waals surface area contributed by atoms with Gasteiger partial charge in [0.15, 0.2) is 0 Å². The lowest BCUT2D eigenvalue weighted by molar-refractivity contribution is -0.0447. The first-order valence-corrected chi connectivity index (χ1v) is 6.91. The van der Waals surface area contributed by atoms with E-state index in [4.69, 9.17) is 15.6 Å². The first kappa shape index (κ1) is 14.0. The highest BCUT2D eigenvalue weighted by Gasteiger charge is 2.24. The third kappa shape index (κ3) is 3.55. The summed E-state index contributed by atoms with van der Waals surface area (Å²) in [5.74, 6) is 5.63. The van der Waals surface area contributed by atoms with Crippen LogP contribution in [0.4, 0.5) is 0 Å². The SMILES string of the molecule is NCC#Cc1cc(C(=O)N2CCOC(CO)C2)cs1. The molecule has 2 rings (SSSR count). The lowest BCUT2D eigenvalue weighted by Crippen LogP contribution is -2.46. The van der Waals surface area contributed by atoms with Crippen LogP contribution in [0.15, 0.2) is 11.4 Å². The van der Waals surface area contributed by atoms with E-state index in [0.29, 0.717) is 31.8 Å². The lowest BCUT2D eigenvalue weighted by Gasteiger charge is -2.31. The van der Waals surface area contributed by atoms with Crippen molar-refractivity contribution in [3.05, 3.63) is 21.9 Å². The van der Waals surface area contributed by atoms with Crippen LogP contribution in [0.25, 0.3) is 0 Å². The molecule has 0 saturated carbocycles. The van der Waals surface area contributed by atoms with Gasteiger partial charge in [-0.25, -0.2) is 0 Å². The Hall–Kier alpha value is -1.39. The van der Waals surface area contributed by atoms with E-state index in [9.17, 15) is 4.79 Å². The zero-order valence-corrected chi connectivity index (χ0v) is 11.3. The third-order valence-electron chi connectivity index (χ3n) is 2.79. The molecule has 3 N–H and O–H groups in total. The highest BCUT2D eigenvalue weighted by Crippen LogP contribution is 2.17. The molecule has 0 bridgehead atoms. The predicted molar refractivity (Wildman–Crippen MR) is 73.0 cm³/mol. The fourth-order valence-electron chi connectivity index (χ4n) is 1.85. The number of hydrogen-bond acceptors (Lipinski definition) is 5. The van der Waals surface area contributed by atoms with E-state index in [-0.39, 0.29) is 18.6 Å². The van der Waals surface area contributed by atoms with Crippen LogP contribution < -0.4 is 5.73 Å². The minimum atomic E-state index is -0.284. The van der Waals surface area contributed by atoms with E-state index in [1.165, 1.54) is 11.3 Å². The van der Waals surface area contributed by atoms with E-state index < -0.39 is 0 Å². The Morgan fingerprint density at radius 2 is 2.53 bits per heavy atom. The minimum Gasteiger partial charge on any atom is -0.394 e. The third-order valence-corrected chi connectivity index (χ3v) is 3.64. The van der Waals surface area contributed by atoms with Crippen molar-refractivity contribution < 1.29 is 14.6 Å². The van der Waals surface area contributed by atoms with Crippen molar-refractivity contribution in [2.45, 2.75) is 6.10 Å². The highest BCUT2D eigenvalue weighted by molar-refractivity contribution is 7.10. The van der Waals surface area contributed by atoms with Gasteiger partial charge in [-0.15, -0.1) is 11.3 Å². The molecule has 1 aromatic heterocycles. The van der Waals surface area contributed by atoms with Gasteiger partial charge >= 0.3 is 0 Å². The second kappa shape index (κ2) is 6.68. The molecule has 2 heterocycles. The van der Waals surface area contributed by atoms with Gasteiger partial charge in [-0.05, 0) is 6.07 Å². The van der Waals surface area contributed by atoms with Gasteiger partial charge in [-0.1, -0.05) is 11.8 Å². The molecule has 19 heavy (non-hydrogen) atoms. The zero-order valence-electron chi connectivity index (χ0n) is 10.5. The second-order valence-corrected chi connectivity index (χ2v) is 5.04. The molecule has 0 radical (unpaired) electrons. The summed E-state index contributed by atoms with van der Waals surface area (Å²) < 4.78 is 5.32. The van der Waals surface area contributed by atoms with Gasteiger partial charge in [-0.3, -0.25) is 4.79 Å². The molecular weight excluding hydrogens is 264 g/mol. The summed E-state index contributed by atoms with van der Waals surface area (Å²) in [6.07, 6.45) is -0.284. The fraction of sp³-hybridized carbons (Fsp3) is 0.462. The molecule has 5 nitrogen and oxygen atoms in total. The summed E-state index contributed by atoms with van der Waals surface area (Å²) in [5, 5.41) is 10.9. The standard InChI is InChI=1S/C13H16N2O3S/c14-3-1-2-12-6-10(9-19-12)13(17)15-4-5-18-11(7-15)8-16/h6,9,11,16H,3-5,7-8,14H2. The molecule has 6 heteroatoms. The summed E-state index contributed by atoms with van der Waals surface area (Å²) in [6.45, 7) is 1.67. The number of nitrogens with two attached hydrogens (primary N) is 1. The van der Waals surface area contributed by atoms with Crippen LogP contribution in [0.1, 0.15) is 15.2 Å². The van der Waals surface area contributed by atoms with Gasteiger partial charge in [0.05, 0.1) is 36.3 Å². The van der Waals surface area contributed by atoms with Crippen LogP contribution in [0.3, 0.4) is 0 Å². The Kier molecular flexibility index (Phi) is 4.93. The van der Waals surface area contributed by atoms with Crippen LogP contribution in [0.2, 0.25) is 0 Å². The largest absolute Gasteiger partial charge is 0.394 e. The summed E-state index contributed by atoms with van der Waals surface area (Å²) >= 11 is 1.43. The molecular formula is C13H16N2O3S. The maximum atomic E-state index is 12.3. The summed E-state index contributed by atoms with van der Waals surface area (Å²) in [5.41, 5.74) is 5.94. The van der Waals surface area contributed by atoms with Gasteiger partial charge in [0.25, 0.3) is 5.91 Å². The Morgan fingerprint density at radius 3 is 3.26 bits per heavy atom. The molecule has 1 amide bonds. The molecule has 1 aliphatic rings. The summed E-state index contributed by atoms with van der Waals surface area (Å²) in [7, 11) is 0. The number of aliphatic hydroxyl groups is 1. The lowest BCUT2D eigenvalue weighted by atomic mass is 10.2. The van der Waals surface area contributed by atoms with Gasteiger partial charge in [0, 0.05) is 18.5 Å². The zero-order chi connectivity index (χ0) is 13.7. The number of nitrogens with zero attached hydrogens (tertiary/aromatic N) is 1. The molecule has 1 aromatic rings. The number of hydrogen-bond donors (Lipinski definition) is 2. The van der Waals surface area contributed by atoms with Crippen LogP contribution in [-0.4, -0.2) is 54.9 Å². The van der Waals surface area contributed by atoms with Crippen molar-refractivity contribution >= 4 is 17.2 Å². The van der Waals surface area contributed by atoms with Gasteiger partial charge < -0.3 is 20.5 Å². The number of aliphatic hydroxyl groups excluding tert-OH is 1. The van der Waals surface area contributed by atoms with Gasteiger partial charge in [-0.2, -0.15) is 0 Å². The number of thiophene rings is 1. The number of amides is 1. The fourth-order valence-corrected chi connectivity index (χ4v) is 2.60. The first-order chi connectivity index (χ1) is 9.24. The molecule has 1 atom stereocenters. The van der Waals surface area contributed by atoms with Gasteiger partial charge in [0.2, 0.25) is 0 Å². The van der Waals surface area contributed by atoms with E-state index in [1.54, 1.807) is 16.3 Å². The first-order valence-electron chi connectivity index (χ1n) is 6.03. The Morgan fingerprint density at radius 1 is 1.68 bits per heavy atom. The Labute approximate surface area is 116 Å². The van der Waals surface area contributed by atoms with Crippen LogP contribution in [0.5, 0.6) is 0 Å². The smallest absolute Gasteiger partial charge is 0.254 e. The van der Waals surface area contributed by atoms with Crippen molar-refractivity contribution in [2.24, 2.45) is 5.73 Å². The van der Waals surface area contributed by atoms with E-state index in [2.05, 4.69) is 11.8 Å². The predicted octanol–water partition coefficient (Wildman–Crippen LogP) is -0.108. The summed E-state index contributed by atoms with van der Waals surface area (Å²) in [4.78, 5) is 14.8. The molecule has 0 spiro atoms. The molecule has 1 aliphatic heterocycles. The maximum absolute atomic E-state index is 12.3. The number of morpholine rings is 1. The number of rotatable bonds is 2. The molecule has 1 saturated heterocycles. The van der Waals surface area contributed by atoms with Gasteiger partial charge in [0.1, 0.15) is 0 Å². The topological polar surface area (TPSA) is 75.8 Å². The van der Waals surface area contributed by atoms with Crippen molar-refractivity contribution in [1.82, 2.24) is 4.90 Å². The van der Waals surface area contributed by atoms with E-state index >= 15 is 0 Å². The quantitative estimate of drug-likeness (QED) is 0.741. The van der Waals surface area contributed by atoms with Crippen molar-refractivity contribution in [3.63, 3.8) is 0 Å². The Bertz CT molecular complexity index is 503. The molecule has 0 aliphatic carbocycles. The maximum Gasteiger partial charge on any atom is 0.254 e. The normalized spacial score (nSPS) is 18.8. The average molecular weight is 280 g/mol. The van der Waals surface area contributed by atoms with Crippen LogP contribution >= 0.6 is 11.3 Å². The molecule has 1 fully saturated rings. The molecule has 1 unspecified atom stereocenters. The van der Waals surface area contributed by atoms with E-state index in [1.807, 2.05) is 0 Å². The number of carbonyl (C=O) groups excluding carboxylic acids is 1. The van der Waals surface area contributed by atoms with Crippen molar-refractivity contribution in [3.8, 4) is 11.8 Å². The Balaban J connectivity index is 2.04. The minimum absolute atomic E-state index is 0.0428. The summed E-state index contributed by atoms with van der Waals surface area (Å²) in [6, 6.07) is 1.78. The average Bonchev–Trinajstić information content (AvgIpc) is 2.93. The highest BCUT2D eigenvalue weighted by atomic mass is 32.1. The number of carbonyl (C=O) groups is 1. The second-order valence-electron chi connectivity index (χ2n) is 4.13. The monoisotopic (exact) mass is 280 g/mol.